The van der Waals surface area contributed by atoms with E-state index in [2.05, 4.69) is 23.7 Å². The number of fused-ring (bicyclic) bond motifs is 1. The molecule has 1 saturated carbocycles. The molecule has 0 bridgehead atoms. The Morgan fingerprint density at radius 1 is 1.29 bits per heavy atom. The van der Waals surface area contributed by atoms with Crippen molar-refractivity contribution in [3.63, 3.8) is 0 Å². The van der Waals surface area contributed by atoms with E-state index in [0.717, 1.165) is 52.4 Å². The van der Waals surface area contributed by atoms with Crippen LogP contribution in [0.25, 0.3) is 0 Å². The number of nitrogens with zero attached hydrogens (tertiary/aromatic N) is 3. The van der Waals surface area contributed by atoms with Crippen LogP contribution in [0.2, 0.25) is 0 Å². The number of hydrogen-bond donors (Lipinski definition) is 0. The Labute approximate surface area is 166 Å². The Balaban J connectivity index is 1.48. The zero-order chi connectivity index (χ0) is 19.9. The molecular weight excluding hydrogens is 358 g/mol. The molecule has 2 aliphatic heterocycles. The molecule has 1 aliphatic carbocycles. The van der Waals surface area contributed by atoms with Crippen molar-refractivity contribution in [1.29, 1.82) is 0 Å². The van der Waals surface area contributed by atoms with Gasteiger partial charge in [0.1, 0.15) is 5.69 Å². The number of rotatable bonds is 4. The normalized spacial score (nSPS) is 29.1. The second-order valence-electron chi connectivity index (χ2n) is 9.08. The predicted molar refractivity (Wildman–Crippen MR) is 103 cm³/mol. The molecule has 3 heterocycles. The van der Waals surface area contributed by atoms with Crippen LogP contribution in [0.5, 0.6) is 0 Å². The molecule has 3 fully saturated rings. The molecule has 7 nitrogen and oxygen atoms in total. The Kier molecular flexibility index (Phi) is 4.91. The van der Waals surface area contributed by atoms with Crippen molar-refractivity contribution >= 4 is 11.9 Å². The van der Waals surface area contributed by atoms with Crippen LogP contribution >= 0.6 is 0 Å². The molecule has 0 spiro atoms. The topological polar surface area (TPSA) is 72.0 Å². The summed E-state index contributed by atoms with van der Waals surface area (Å²) in [5, 5.41) is 0. The van der Waals surface area contributed by atoms with Gasteiger partial charge >= 0.3 is 5.97 Å². The van der Waals surface area contributed by atoms with Crippen molar-refractivity contribution in [1.82, 2.24) is 14.8 Å². The second-order valence-corrected chi connectivity index (χ2v) is 9.08. The first-order valence-electron chi connectivity index (χ1n) is 9.98. The minimum Gasteiger partial charge on any atom is -0.465 e. The molecule has 2 atom stereocenters. The molecule has 7 heteroatoms. The minimum atomic E-state index is -0.447. The number of ether oxygens (including phenoxy) is 2. The molecule has 0 radical (unpaired) electrons. The highest BCUT2D eigenvalue weighted by molar-refractivity contribution is 5.94. The van der Waals surface area contributed by atoms with Gasteiger partial charge in [0.15, 0.2) is 0 Å². The zero-order valence-corrected chi connectivity index (χ0v) is 16.9. The molecule has 0 unspecified atom stereocenters. The molecule has 2 saturated heterocycles. The summed E-state index contributed by atoms with van der Waals surface area (Å²) in [6.45, 7) is 10.7. The lowest BCUT2D eigenvalue weighted by Gasteiger charge is -2.58. The molecular formula is C21H29N3O4. The van der Waals surface area contributed by atoms with Gasteiger partial charge in [-0.1, -0.05) is 13.8 Å². The maximum atomic E-state index is 13.1. The van der Waals surface area contributed by atoms with Gasteiger partial charge in [-0.05, 0) is 29.9 Å². The van der Waals surface area contributed by atoms with E-state index in [1.165, 1.54) is 13.3 Å². The fourth-order valence-corrected chi connectivity index (χ4v) is 5.62. The summed E-state index contributed by atoms with van der Waals surface area (Å²) in [5.74, 6) is 0.000958. The number of amides is 1. The lowest BCUT2D eigenvalue weighted by Crippen LogP contribution is -2.59. The highest BCUT2D eigenvalue weighted by atomic mass is 16.5. The molecule has 0 N–H and O–H groups in total. The number of carbonyl (C=O) groups excluding carboxylic acids is 2. The Bertz CT molecular complexity index is 757. The van der Waals surface area contributed by atoms with E-state index in [4.69, 9.17) is 9.47 Å². The molecule has 28 heavy (non-hydrogen) atoms. The fourth-order valence-electron chi connectivity index (χ4n) is 5.62. The van der Waals surface area contributed by atoms with E-state index in [-0.39, 0.29) is 16.7 Å². The van der Waals surface area contributed by atoms with Crippen molar-refractivity contribution in [3.8, 4) is 0 Å². The van der Waals surface area contributed by atoms with Gasteiger partial charge in [0.25, 0.3) is 5.91 Å². The van der Waals surface area contributed by atoms with E-state index < -0.39 is 5.97 Å². The number of pyridine rings is 1. The summed E-state index contributed by atoms with van der Waals surface area (Å²) < 4.78 is 10.2. The van der Waals surface area contributed by atoms with Gasteiger partial charge < -0.3 is 14.4 Å². The molecule has 152 valence electrons. The number of carbonyl (C=O) groups is 2. The number of likely N-dealkylation sites (tertiary alicyclic amines) is 1. The second kappa shape index (κ2) is 7.12. The van der Waals surface area contributed by atoms with E-state index in [0.29, 0.717) is 17.2 Å². The average Bonchev–Trinajstić information content (AvgIpc) is 3.02. The molecule has 1 aromatic rings. The van der Waals surface area contributed by atoms with Gasteiger partial charge in [-0.15, -0.1) is 0 Å². The largest absolute Gasteiger partial charge is 0.465 e. The summed E-state index contributed by atoms with van der Waals surface area (Å²) in [6.07, 6.45) is 2.55. The van der Waals surface area contributed by atoms with Crippen molar-refractivity contribution < 1.29 is 19.1 Å². The van der Waals surface area contributed by atoms with Gasteiger partial charge in [0.2, 0.25) is 0 Å². The first-order chi connectivity index (χ1) is 13.3. The third-order valence-corrected chi connectivity index (χ3v) is 6.73. The molecule has 3 aliphatic rings. The maximum absolute atomic E-state index is 13.1. The van der Waals surface area contributed by atoms with E-state index >= 15 is 0 Å². The standard InChI is InChI=1S/C21H29N3O4/c1-20(2)12-21(13-23-6-8-28-9-7-23)14-24(11-17(20)21)18(25)16-5-4-15(10-22-16)19(26)27-3/h4-5,10,17H,6-9,11-14H2,1-3H3/t17-,21+/m1/s1. The lowest BCUT2D eigenvalue weighted by atomic mass is 9.48. The lowest BCUT2D eigenvalue weighted by molar-refractivity contribution is -0.0966. The number of esters is 1. The summed E-state index contributed by atoms with van der Waals surface area (Å²) in [6, 6.07) is 3.22. The van der Waals surface area contributed by atoms with E-state index in [9.17, 15) is 9.59 Å². The van der Waals surface area contributed by atoms with Crippen molar-refractivity contribution in [2.24, 2.45) is 16.7 Å². The van der Waals surface area contributed by atoms with Gasteiger partial charge in [-0.3, -0.25) is 14.7 Å². The summed E-state index contributed by atoms with van der Waals surface area (Å²) in [5.41, 5.74) is 1.16. The Morgan fingerprint density at radius 2 is 2.04 bits per heavy atom. The fraction of sp³-hybridized carbons (Fsp3) is 0.667. The Morgan fingerprint density at radius 3 is 2.64 bits per heavy atom. The number of methoxy groups -OCH3 is 1. The number of aromatic nitrogens is 1. The number of morpholine rings is 1. The minimum absolute atomic E-state index is 0.0528. The zero-order valence-electron chi connectivity index (χ0n) is 16.9. The Hall–Kier alpha value is -1.99. The van der Waals surface area contributed by atoms with Crippen LogP contribution < -0.4 is 0 Å². The van der Waals surface area contributed by atoms with Crippen LogP contribution in [0.3, 0.4) is 0 Å². The average molecular weight is 387 g/mol. The maximum Gasteiger partial charge on any atom is 0.339 e. The van der Waals surface area contributed by atoms with Crippen LogP contribution in [0.4, 0.5) is 0 Å². The third-order valence-electron chi connectivity index (χ3n) is 6.73. The molecule has 0 aromatic carbocycles. The van der Waals surface area contributed by atoms with Crippen molar-refractivity contribution in [2.45, 2.75) is 20.3 Å². The van der Waals surface area contributed by atoms with Gasteiger partial charge in [-0.25, -0.2) is 4.79 Å². The van der Waals surface area contributed by atoms with Crippen LogP contribution in [-0.2, 0) is 9.47 Å². The highest BCUT2D eigenvalue weighted by Crippen LogP contribution is 2.63. The third kappa shape index (κ3) is 3.31. The van der Waals surface area contributed by atoms with Crippen molar-refractivity contribution in [3.05, 3.63) is 29.6 Å². The smallest absolute Gasteiger partial charge is 0.339 e. The van der Waals surface area contributed by atoms with Crippen LogP contribution in [0.1, 0.15) is 41.1 Å². The van der Waals surface area contributed by atoms with Gasteiger partial charge in [-0.2, -0.15) is 0 Å². The molecule has 4 rings (SSSR count). The van der Waals surface area contributed by atoms with Gasteiger partial charge in [0.05, 0.1) is 25.9 Å². The first kappa shape index (κ1) is 19.3. The van der Waals surface area contributed by atoms with E-state index in [1.54, 1.807) is 12.1 Å². The van der Waals surface area contributed by atoms with Crippen LogP contribution in [0.15, 0.2) is 18.3 Å². The molecule has 1 aromatic heterocycles. The highest BCUT2D eigenvalue weighted by Gasteiger charge is 2.63. The quantitative estimate of drug-likeness (QED) is 0.732. The molecule has 1 amide bonds. The summed E-state index contributed by atoms with van der Waals surface area (Å²) in [4.78, 5) is 33.3. The van der Waals surface area contributed by atoms with Crippen LogP contribution in [-0.4, -0.2) is 79.7 Å². The first-order valence-corrected chi connectivity index (χ1v) is 9.98. The monoisotopic (exact) mass is 387 g/mol. The van der Waals surface area contributed by atoms with Gasteiger partial charge in [0, 0.05) is 44.3 Å². The van der Waals surface area contributed by atoms with Crippen molar-refractivity contribution in [2.75, 3.05) is 53.0 Å². The summed E-state index contributed by atoms with van der Waals surface area (Å²) in [7, 11) is 1.33. The summed E-state index contributed by atoms with van der Waals surface area (Å²) >= 11 is 0. The van der Waals surface area contributed by atoms with Crippen LogP contribution in [0, 0.1) is 16.7 Å². The number of hydrogen-bond acceptors (Lipinski definition) is 6. The SMILES string of the molecule is COC(=O)c1ccc(C(=O)N2C[C@@H]3C(C)(C)C[C@]3(CN3CCOCC3)C2)nc1. The predicted octanol–water partition coefficient (Wildman–Crippen LogP) is 1.69. The van der Waals surface area contributed by atoms with E-state index in [1.807, 2.05) is 4.90 Å².